The van der Waals surface area contributed by atoms with Crippen LogP contribution in [-0.2, 0) is 17.7 Å². The highest BCUT2D eigenvalue weighted by Gasteiger charge is 2.11. The van der Waals surface area contributed by atoms with Crippen molar-refractivity contribution in [3.8, 4) is 0 Å². The molecule has 1 aromatic heterocycles. The van der Waals surface area contributed by atoms with E-state index in [1.807, 2.05) is 12.1 Å². The summed E-state index contributed by atoms with van der Waals surface area (Å²) in [6.07, 6.45) is 0.938. The van der Waals surface area contributed by atoms with Gasteiger partial charge in [0.05, 0.1) is 13.7 Å². The second-order valence-electron chi connectivity index (χ2n) is 4.27. The molecular formula is C15H16BrNO3. The Kier molecular flexibility index (Phi) is 4.84. The maximum atomic E-state index is 11.3. The summed E-state index contributed by atoms with van der Waals surface area (Å²) >= 11 is 3.46. The molecule has 5 heteroatoms. The molecule has 0 radical (unpaired) electrons. The van der Waals surface area contributed by atoms with Crippen LogP contribution in [0.4, 0.5) is 5.69 Å². The van der Waals surface area contributed by atoms with Crippen LogP contribution in [-0.4, -0.2) is 13.1 Å². The van der Waals surface area contributed by atoms with Gasteiger partial charge in [0.25, 0.3) is 0 Å². The largest absolute Gasteiger partial charge is 0.463 e. The molecule has 1 aromatic carbocycles. The first-order valence-corrected chi connectivity index (χ1v) is 7.12. The number of hydrogen-bond acceptors (Lipinski definition) is 4. The van der Waals surface area contributed by atoms with Gasteiger partial charge in [-0.1, -0.05) is 22.9 Å². The minimum atomic E-state index is -0.464. The predicted octanol–water partition coefficient (Wildman–Crippen LogP) is 4.00. The number of benzene rings is 1. The first-order chi connectivity index (χ1) is 9.63. The smallest absolute Gasteiger partial charge is 0.373 e. The van der Waals surface area contributed by atoms with Crippen LogP contribution < -0.4 is 5.32 Å². The van der Waals surface area contributed by atoms with Crippen LogP contribution in [0.5, 0.6) is 0 Å². The second-order valence-corrected chi connectivity index (χ2v) is 5.18. The van der Waals surface area contributed by atoms with Crippen molar-refractivity contribution < 1.29 is 13.9 Å². The normalized spacial score (nSPS) is 10.3. The molecule has 0 saturated carbocycles. The van der Waals surface area contributed by atoms with E-state index >= 15 is 0 Å². The summed E-state index contributed by atoms with van der Waals surface area (Å²) in [7, 11) is 1.33. The third kappa shape index (κ3) is 3.42. The molecule has 20 heavy (non-hydrogen) atoms. The lowest BCUT2D eigenvalue weighted by molar-refractivity contribution is 0.0563. The lowest BCUT2D eigenvalue weighted by Gasteiger charge is -2.10. The van der Waals surface area contributed by atoms with Gasteiger partial charge in [-0.2, -0.15) is 0 Å². The molecule has 2 rings (SSSR count). The van der Waals surface area contributed by atoms with Gasteiger partial charge in [-0.15, -0.1) is 0 Å². The molecule has 0 fully saturated rings. The van der Waals surface area contributed by atoms with E-state index in [-0.39, 0.29) is 5.76 Å². The fourth-order valence-corrected chi connectivity index (χ4v) is 2.30. The number of carbonyl (C=O) groups excluding carboxylic acids is 1. The van der Waals surface area contributed by atoms with E-state index in [2.05, 4.69) is 39.0 Å². The molecule has 0 saturated heterocycles. The van der Waals surface area contributed by atoms with Crippen molar-refractivity contribution in [3.05, 3.63) is 51.9 Å². The average Bonchev–Trinajstić information content (AvgIpc) is 2.93. The number of hydrogen-bond donors (Lipinski definition) is 1. The molecule has 0 bridgehead atoms. The Morgan fingerprint density at radius 3 is 2.85 bits per heavy atom. The first kappa shape index (κ1) is 14.7. The summed E-state index contributed by atoms with van der Waals surface area (Å²) in [5.74, 6) is 0.445. The fourth-order valence-electron chi connectivity index (χ4n) is 1.89. The van der Waals surface area contributed by atoms with Crippen molar-refractivity contribution in [2.24, 2.45) is 0 Å². The van der Waals surface area contributed by atoms with Crippen LogP contribution in [0, 0.1) is 0 Å². The van der Waals surface area contributed by atoms with Crippen molar-refractivity contribution in [1.29, 1.82) is 0 Å². The van der Waals surface area contributed by atoms with Gasteiger partial charge in [-0.3, -0.25) is 0 Å². The Hall–Kier alpha value is -1.75. The van der Waals surface area contributed by atoms with E-state index in [1.165, 1.54) is 12.7 Å². The number of ether oxygens (including phenoxy) is 1. The highest BCUT2D eigenvalue weighted by molar-refractivity contribution is 9.10. The third-order valence-corrected chi connectivity index (χ3v) is 3.44. The van der Waals surface area contributed by atoms with Crippen LogP contribution >= 0.6 is 15.9 Å². The van der Waals surface area contributed by atoms with Gasteiger partial charge in [0.2, 0.25) is 5.76 Å². The summed E-state index contributed by atoms with van der Waals surface area (Å²) < 4.78 is 11.1. The van der Waals surface area contributed by atoms with E-state index < -0.39 is 5.97 Å². The van der Waals surface area contributed by atoms with Gasteiger partial charge in [0.15, 0.2) is 0 Å². The molecule has 0 atom stereocenters. The Morgan fingerprint density at radius 1 is 1.35 bits per heavy atom. The maximum absolute atomic E-state index is 11.3. The number of rotatable bonds is 5. The highest BCUT2D eigenvalue weighted by Crippen LogP contribution is 2.22. The summed E-state index contributed by atoms with van der Waals surface area (Å²) in [6.45, 7) is 2.63. The lowest BCUT2D eigenvalue weighted by atomic mass is 10.1. The number of furan rings is 1. The zero-order valence-electron chi connectivity index (χ0n) is 11.4. The van der Waals surface area contributed by atoms with Gasteiger partial charge >= 0.3 is 5.97 Å². The Balaban J connectivity index is 2.05. The zero-order valence-corrected chi connectivity index (χ0v) is 13.0. The van der Waals surface area contributed by atoms with Crippen LogP contribution in [0.25, 0.3) is 0 Å². The minimum Gasteiger partial charge on any atom is -0.463 e. The molecule has 2 aromatic rings. The number of carbonyl (C=O) groups is 1. The highest BCUT2D eigenvalue weighted by atomic mass is 79.9. The van der Waals surface area contributed by atoms with Gasteiger partial charge in [-0.05, 0) is 42.3 Å². The molecule has 1 N–H and O–H groups in total. The SMILES string of the molecule is CCc1cc(Br)ccc1NCc1ccc(C(=O)OC)o1. The molecule has 1 heterocycles. The quantitative estimate of drug-likeness (QED) is 0.837. The van der Waals surface area contributed by atoms with Crippen molar-refractivity contribution in [2.45, 2.75) is 19.9 Å². The number of methoxy groups -OCH3 is 1. The molecule has 0 aliphatic heterocycles. The van der Waals surface area contributed by atoms with E-state index in [0.29, 0.717) is 12.3 Å². The van der Waals surface area contributed by atoms with Crippen molar-refractivity contribution >= 4 is 27.6 Å². The molecule has 0 aliphatic rings. The third-order valence-electron chi connectivity index (χ3n) is 2.95. The maximum Gasteiger partial charge on any atom is 0.373 e. The number of halogens is 1. The number of anilines is 1. The van der Waals surface area contributed by atoms with Gasteiger partial charge < -0.3 is 14.5 Å². The Bertz CT molecular complexity index is 607. The zero-order chi connectivity index (χ0) is 14.5. The van der Waals surface area contributed by atoms with Crippen LogP contribution in [0.3, 0.4) is 0 Å². The molecule has 0 unspecified atom stereocenters. The molecule has 106 valence electrons. The molecule has 0 aliphatic carbocycles. The van der Waals surface area contributed by atoms with E-state index in [0.717, 1.165) is 16.6 Å². The van der Waals surface area contributed by atoms with Crippen molar-refractivity contribution in [1.82, 2.24) is 0 Å². The van der Waals surface area contributed by atoms with Gasteiger partial charge in [0.1, 0.15) is 5.76 Å². The van der Waals surface area contributed by atoms with Crippen molar-refractivity contribution in [2.75, 3.05) is 12.4 Å². The Labute approximate surface area is 126 Å². The predicted molar refractivity (Wildman–Crippen MR) is 80.9 cm³/mol. The summed E-state index contributed by atoms with van der Waals surface area (Å²) in [6, 6.07) is 9.48. The van der Waals surface area contributed by atoms with E-state index in [9.17, 15) is 4.79 Å². The minimum absolute atomic E-state index is 0.218. The number of esters is 1. The summed E-state index contributed by atoms with van der Waals surface area (Å²) in [5.41, 5.74) is 2.28. The molecular weight excluding hydrogens is 322 g/mol. The Morgan fingerprint density at radius 2 is 2.15 bits per heavy atom. The molecule has 0 spiro atoms. The van der Waals surface area contributed by atoms with Crippen LogP contribution in [0.15, 0.2) is 39.2 Å². The molecule has 4 nitrogen and oxygen atoms in total. The van der Waals surface area contributed by atoms with Gasteiger partial charge in [0, 0.05) is 10.2 Å². The van der Waals surface area contributed by atoms with Gasteiger partial charge in [-0.25, -0.2) is 4.79 Å². The van der Waals surface area contributed by atoms with E-state index in [1.54, 1.807) is 12.1 Å². The average molecular weight is 338 g/mol. The number of nitrogens with one attached hydrogen (secondary N) is 1. The lowest BCUT2D eigenvalue weighted by Crippen LogP contribution is -2.02. The fraction of sp³-hybridized carbons (Fsp3) is 0.267. The summed E-state index contributed by atoms with van der Waals surface area (Å²) in [4.78, 5) is 11.3. The topological polar surface area (TPSA) is 51.5 Å². The molecule has 0 amide bonds. The standard InChI is InChI=1S/C15H16BrNO3/c1-3-10-8-11(16)4-6-13(10)17-9-12-5-7-14(20-12)15(18)19-2/h4-8,17H,3,9H2,1-2H3. The number of aryl methyl sites for hydroxylation is 1. The van der Waals surface area contributed by atoms with E-state index in [4.69, 9.17) is 4.42 Å². The van der Waals surface area contributed by atoms with Crippen molar-refractivity contribution in [3.63, 3.8) is 0 Å². The van der Waals surface area contributed by atoms with Crippen LogP contribution in [0.1, 0.15) is 28.8 Å². The first-order valence-electron chi connectivity index (χ1n) is 6.33. The van der Waals surface area contributed by atoms with Crippen LogP contribution in [0.2, 0.25) is 0 Å². The second kappa shape index (κ2) is 6.61. The monoisotopic (exact) mass is 337 g/mol. The summed E-state index contributed by atoms with van der Waals surface area (Å²) in [5, 5.41) is 3.31.